The molecule has 1 rings (SSSR count). The number of hydrogen-bond donors (Lipinski definition) is 1. The van der Waals surface area contributed by atoms with Crippen molar-refractivity contribution in [1.82, 2.24) is 0 Å². The molecule has 0 saturated heterocycles. The lowest BCUT2D eigenvalue weighted by molar-refractivity contribution is 0.215. The van der Waals surface area contributed by atoms with Gasteiger partial charge in [0.2, 0.25) is 0 Å². The van der Waals surface area contributed by atoms with E-state index in [1.54, 1.807) is 12.1 Å². The number of anilines is 1. The number of nitrogens with one attached hydrogen (secondary N) is 1. The van der Waals surface area contributed by atoms with Gasteiger partial charge in [-0.25, -0.2) is 0 Å². The molecule has 0 aliphatic rings. The number of benzene rings is 1. The van der Waals surface area contributed by atoms with Gasteiger partial charge in [-0.1, -0.05) is 16.8 Å². The highest BCUT2D eigenvalue weighted by atomic mass is 35.5. The van der Waals surface area contributed by atoms with Crippen LogP contribution in [0.2, 0.25) is 5.02 Å². The minimum absolute atomic E-state index is 0.0341. The summed E-state index contributed by atoms with van der Waals surface area (Å²) in [5.74, 6) is 0. The first-order valence-electron chi connectivity index (χ1n) is 5.36. The molecule has 0 aliphatic carbocycles. The minimum Gasteiger partial charge on any atom is -0.468 e. The zero-order valence-electron chi connectivity index (χ0n) is 10.4. The van der Waals surface area contributed by atoms with Crippen molar-refractivity contribution in [3.8, 4) is 0 Å². The molecule has 0 aromatic heterocycles. The van der Waals surface area contributed by atoms with Crippen LogP contribution < -0.4 is 5.32 Å². The summed E-state index contributed by atoms with van der Waals surface area (Å²) in [6.07, 6.45) is 1.56. The van der Waals surface area contributed by atoms with Gasteiger partial charge in [-0.05, 0) is 44.3 Å². The molecule has 0 aliphatic heterocycles. The molecule has 0 bridgehead atoms. The van der Waals surface area contributed by atoms with Gasteiger partial charge in [0.1, 0.15) is 7.11 Å². The third kappa shape index (κ3) is 4.89. The molecular weight excluding hydrogens is 272 g/mol. The molecule has 1 aromatic carbocycles. The Hall–Kier alpha value is -1.33. The number of thiocarbonyl (C=S) groups is 1. The largest absolute Gasteiger partial charge is 0.468 e. The van der Waals surface area contributed by atoms with E-state index in [-0.39, 0.29) is 6.10 Å². The van der Waals surface area contributed by atoms with Crippen LogP contribution in [-0.4, -0.2) is 24.6 Å². The summed E-state index contributed by atoms with van der Waals surface area (Å²) >= 11 is 11.1. The summed E-state index contributed by atoms with van der Waals surface area (Å²) in [5.41, 5.74) is 1.51. The Labute approximate surface area is 117 Å². The third-order valence-electron chi connectivity index (χ3n) is 1.88. The van der Waals surface area contributed by atoms with Crippen molar-refractivity contribution >= 4 is 40.9 Å². The van der Waals surface area contributed by atoms with Gasteiger partial charge in [0.25, 0.3) is 5.17 Å². The zero-order chi connectivity index (χ0) is 13.5. The highest BCUT2D eigenvalue weighted by Gasteiger charge is 2.04. The van der Waals surface area contributed by atoms with Gasteiger partial charge in [0.05, 0.1) is 12.3 Å². The van der Waals surface area contributed by atoms with Crippen LogP contribution in [0.1, 0.15) is 19.4 Å². The molecule has 1 aromatic rings. The smallest absolute Gasteiger partial charge is 0.261 e. The average Bonchev–Trinajstić information content (AvgIpc) is 2.28. The Morgan fingerprint density at radius 2 is 2.22 bits per heavy atom. The quantitative estimate of drug-likeness (QED) is 0.523. The number of ether oxygens (including phenoxy) is 1. The maximum Gasteiger partial charge on any atom is 0.261 e. The molecule has 0 spiro atoms. The van der Waals surface area contributed by atoms with Gasteiger partial charge in [0.15, 0.2) is 0 Å². The normalized spacial score (nSPS) is 10.7. The van der Waals surface area contributed by atoms with Crippen LogP contribution in [-0.2, 0) is 9.57 Å². The van der Waals surface area contributed by atoms with Crippen LogP contribution in [0.25, 0.3) is 0 Å². The molecule has 0 amide bonds. The van der Waals surface area contributed by atoms with Crippen molar-refractivity contribution in [2.24, 2.45) is 5.16 Å². The predicted octanol–water partition coefficient (Wildman–Crippen LogP) is 3.44. The maximum absolute atomic E-state index is 6.01. The second-order valence-corrected chi connectivity index (χ2v) is 4.51. The molecule has 0 unspecified atom stereocenters. The van der Waals surface area contributed by atoms with E-state index in [2.05, 4.69) is 15.3 Å². The summed E-state index contributed by atoms with van der Waals surface area (Å²) in [7, 11) is 1.47. The molecule has 98 valence electrons. The van der Waals surface area contributed by atoms with E-state index in [0.29, 0.717) is 10.2 Å². The molecular formula is C12H15ClN2O2S. The van der Waals surface area contributed by atoms with Crippen molar-refractivity contribution in [2.45, 2.75) is 20.0 Å². The van der Waals surface area contributed by atoms with Gasteiger partial charge in [0, 0.05) is 16.3 Å². The van der Waals surface area contributed by atoms with Crippen molar-refractivity contribution in [2.75, 3.05) is 12.4 Å². The lowest BCUT2D eigenvalue weighted by atomic mass is 10.2. The summed E-state index contributed by atoms with van der Waals surface area (Å²) in [6, 6.07) is 5.36. The van der Waals surface area contributed by atoms with E-state index in [4.69, 9.17) is 28.6 Å². The molecule has 0 radical (unpaired) electrons. The summed E-state index contributed by atoms with van der Waals surface area (Å²) in [6.45, 7) is 3.82. The van der Waals surface area contributed by atoms with Crippen molar-refractivity contribution in [1.29, 1.82) is 0 Å². The van der Waals surface area contributed by atoms with Crippen LogP contribution >= 0.6 is 23.8 Å². The van der Waals surface area contributed by atoms with Gasteiger partial charge in [-0.2, -0.15) is 0 Å². The van der Waals surface area contributed by atoms with Crippen LogP contribution in [0.4, 0.5) is 5.69 Å². The van der Waals surface area contributed by atoms with Crippen LogP contribution in [0.5, 0.6) is 0 Å². The molecule has 0 heterocycles. The monoisotopic (exact) mass is 286 g/mol. The first-order valence-corrected chi connectivity index (χ1v) is 6.15. The Balaban J connectivity index is 2.78. The third-order valence-corrected chi connectivity index (χ3v) is 2.42. The lowest BCUT2D eigenvalue weighted by Crippen LogP contribution is -2.17. The fourth-order valence-corrected chi connectivity index (χ4v) is 1.67. The fraction of sp³-hybridized carbons (Fsp3) is 0.333. The van der Waals surface area contributed by atoms with Gasteiger partial charge < -0.3 is 14.9 Å². The fourth-order valence-electron chi connectivity index (χ4n) is 1.19. The second-order valence-electron chi connectivity index (χ2n) is 3.73. The minimum atomic E-state index is 0.0341. The Bertz CT molecular complexity index is 450. The Kier molecular flexibility index (Phi) is 5.88. The molecule has 4 nitrogen and oxygen atoms in total. The summed E-state index contributed by atoms with van der Waals surface area (Å²) < 4.78 is 5.33. The van der Waals surface area contributed by atoms with Gasteiger partial charge in [-0.3, -0.25) is 0 Å². The number of oxime groups is 1. The maximum atomic E-state index is 6.01. The van der Waals surface area contributed by atoms with Gasteiger partial charge >= 0.3 is 0 Å². The van der Waals surface area contributed by atoms with Crippen molar-refractivity contribution in [3.63, 3.8) is 0 Å². The number of rotatable bonds is 4. The highest BCUT2D eigenvalue weighted by molar-refractivity contribution is 7.80. The average molecular weight is 287 g/mol. The SMILES string of the molecule is CO/N=C/c1cc(NC(=S)OC(C)C)ccc1Cl. The van der Waals surface area contributed by atoms with Crippen molar-refractivity contribution in [3.05, 3.63) is 28.8 Å². The van der Waals surface area contributed by atoms with Crippen LogP contribution in [0.3, 0.4) is 0 Å². The first kappa shape index (κ1) is 14.7. The Morgan fingerprint density at radius 1 is 1.50 bits per heavy atom. The number of nitrogens with zero attached hydrogens (tertiary/aromatic N) is 1. The topological polar surface area (TPSA) is 42.8 Å². The van der Waals surface area contributed by atoms with E-state index in [9.17, 15) is 0 Å². The molecule has 0 fully saturated rings. The second kappa shape index (κ2) is 7.18. The molecule has 0 atom stereocenters. The first-order chi connectivity index (χ1) is 8.52. The summed E-state index contributed by atoms with van der Waals surface area (Å²) in [4.78, 5) is 4.61. The predicted molar refractivity (Wildman–Crippen MR) is 78.5 cm³/mol. The highest BCUT2D eigenvalue weighted by Crippen LogP contribution is 2.19. The standard InChI is InChI=1S/C12H15ClN2O2S/c1-8(2)17-12(18)15-10-4-5-11(13)9(6-10)7-14-16-3/h4-8H,1-3H3,(H,15,18)/b14-7+. The van der Waals surface area contributed by atoms with E-state index in [0.717, 1.165) is 11.3 Å². The van der Waals surface area contributed by atoms with E-state index < -0.39 is 0 Å². The Morgan fingerprint density at radius 3 is 2.83 bits per heavy atom. The molecule has 18 heavy (non-hydrogen) atoms. The number of halogens is 1. The van der Waals surface area contributed by atoms with E-state index >= 15 is 0 Å². The molecule has 0 saturated carbocycles. The number of hydrogen-bond acceptors (Lipinski definition) is 4. The molecule has 6 heteroatoms. The van der Waals surface area contributed by atoms with Crippen LogP contribution in [0.15, 0.2) is 23.4 Å². The van der Waals surface area contributed by atoms with Crippen LogP contribution in [0, 0.1) is 0 Å². The van der Waals surface area contributed by atoms with Gasteiger partial charge in [-0.15, -0.1) is 0 Å². The lowest BCUT2D eigenvalue weighted by Gasteiger charge is -2.12. The van der Waals surface area contributed by atoms with Crippen molar-refractivity contribution < 1.29 is 9.57 Å². The van der Waals surface area contributed by atoms with E-state index in [1.165, 1.54) is 13.3 Å². The van der Waals surface area contributed by atoms with E-state index in [1.807, 2.05) is 19.9 Å². The molecule has 1 N–H and O–H groups in total. The zero-order valence-corrected chi connectivity index (χ0v) is 12.0. The summed E-state index contributed by atoms with van der Waals surface area (Å²) in [5, 5.41) is 7.54.